The number of benzene rings is 1. The molecular formula is C23H26N4O5S. The van der Waals surface area contributed by atoms with Gasteiger partial charge in [-0.15, -0.1) is 11.8 Å². The maximum atomic E-state index is 13.2. The fourth-order valence-electron chi connectivity index (χ4n) is 4.70. The van der Waals surface area contributed by atoms with E-state index in [1.54, 1.807) is 23.9 Å². The number of methoxy groups -OCH3 is 1. The minimum atomic E-state index is -0.591. The molecule has 0 bridgehead atoms. The number of anilines is 1. The maximum absolute atomic E-state index is 13.2. The molecule has 0 aliphatic carbocycles. The highest BCUT2D eigenvalue weighted by molar-refractivity contribution is 8.00. The Hall–Kier alpha value is -2.98. The molecule has 2 atom stereocenters. The number of rotatable bonds is 3. The number of H-pyrrole nitrogens is 2. The monoisotopic (exact) mass is 470 g/mol. The number of thioether (sulfide) groups is 1. The number of aromatic amines is 2. The molecule has 4 heterocycles. The first-order chi connectivity index (χ1) is 15.8. The van der Waals surface area contributed by atoms with Gasteiger partial charge in [0.25, 0.3) is 11.1 Å². The summed E-state index contributed by atoms with van der Waals surface area (Å²) in [4.78, 5) is 41.8. The average molecular weight is 471 g/mol. The second-order valence-corrected chi connectivity index (χ2v) is 10.2. The first kappa shape index (κ1) is 21.8. The molecule has 1 amide bonds. The van der Waals surface area contributed by atoms with Crippen molar-refractivity contribution in [3.8, 4) is 5.75 Å². The van der Waals surface area contributed by atoms with E-state index in [9.17, 15) is 14.4 Å². The highest BCUT2D eigenvalue weighted by Crippen LogP contribution is 2.41. The number of hydrogen-bond donors (Lipinski definition) is 3. The van der Waals surface area contributed by atoms with E-state index in [0.717, 1.165) is 5.39 Å². The fraction of sp³-hybridized carbons (Fsp3) is 0.435. The molecule has 0 radical (unpaired) electrons. The first-order valence-electron chi connectivity index (χ1n) is 10.9. The van der Waals surface area contributed by atoms with Gasteiger partial charge in [-0.2, -0.15) is 0 Å². The minimum absolute atomic E-state index is 0.0309. The van der Waals surface area contributed by atoms with Gasteiger partial charge in [-0.3, -0.25) is 24.2 Å². The van der Waals surface area contributed by atoms with Crippen LogP contribution >= 0.6 is 11.8 Å². The molecule has 1 fully saturated rings. The summed E-state index contributed by atoms with van der Waals surface area (Å²) in [7, 11) is 1.57. The van der Waals surface area contributed by atoms with E-state index in [4.69, 9.17) is 9.47 Å². The molecule has 2 aliphatic heterocycles. The van der Waals surface area contributed by atoms with Crippen LogP contribution in [0.25, 0.3) is 10.9 Å². The van der Waals surface area contributed by atoms with E-state index in [1.165, 1.54) is 11.8 Å². The number of amides is 1. The lowest BCUT2D eigenvalue weighted by atomic mass is 9.94. The summed E-state index contributed by atoms with van der Waals surface area (Å²) in [6.45, 7) is 4.59. The van der Waals surface area contributed by atoms with E-state index in [0.29, 0.717) is 47.7 Å². The second-order valence-electron chi connectivity index (χ2n) is 9.07. The van der Waals surface area contributed by atoms with Crippen LogP contribution in [-0.2, 0) is 9.53 Å². The second kappa shape index (κ2) is 8.11. The third-order valence-corrected chi connectivity index (χ3v) is 7.52. The molecule has 2 aromatic heterocycles. The lowest BCUT2D eigenvalue weighted by Gasteiger charge is -2.36. The zero-order valence-corrected chi connectivity index (χ0v) is 19.5. The zero-order chi connectivity index (χ0) is 23.3. The van der Waals surface area contributed by atoms with Crippen LogP contribution in [0.1, 0.15) is 49.1 Å². The Balaban J connectivity index is 1.64. The highest BCUT2D eigenvalue weighted by Gasteiger charge is 2.36. The smallest absolute Gasteiger partial charge is 0.270 e. The summed E-state index contributed by atoms with van der Waals surface area (Å²) in [5.41, 5.74) is 0.541. The Morgan fingerprint density at radius 3 is 2.76 bits per heavy atom. The average Bonchev–Trinajstić information content (AvgIpc) is 2.98. The van der Waals surface area contributed by atoms with Gasteiger partial charge < -0.3 is 19.8 Å². The Kier molecular flexibility index (Phi) is 5.37. The lowest BCUT2D eigenvalue weighted by molar-refractivity contribution is -0.113. The van der Waals surface area contributed by atoms with Crippen LogP contribution in [0.3, 0.4) is 0 Å². The van der Waals surface area contributed by atoms with Gasteiger partial charge >= 0.3 is 0 Å². The molecule has 33 heavy (non-hydrogen) atoms. The van der Waals surface area contributed by atoms with E-state index in [-0.39, 0.29) is 34.4 Å². The molecule has 2 aliphatic rings. The third kappa shape index (κ3) is 3.97. The Bertz CT molecular complexity index is 1360. The summed E-state index contributed by atoms with van der Waals surface area (Å²) < 4.78 is 12.8. The molecule has 3 aromatic rings. The maximum Gasteiger partial charge on any atom is 0.270 e. The molecule has 0 unspecified atom stereocenters. The van der Waals surface area contributed by atoms with Gasteiger partial charge in [-0.25, -0.2) is 0 Å². The highest BCUT2D eigenvalue weighted by atomic mass is 32.2. The van der Waals surface area contributed by atoms with E-state index >= 15 is 0 Å². The van der Waals surface area contributed by atoms with E-state index < -0.39 is 5.25 Å². The molecule has 10 heteroatoms. The van der Waals surface area contributed by atoms with Crippen molar-refractivity contribution in [1.82, 2.24) is 14.8 Å². The number of carbonyl (C=O) groups is 1. The minimum Gasteiger partial charge on any atom is -0.497 e. The molecule has 0 saturated carbocycles. The van der Waals surface area contributed by atoms with Crippen molar-refractivity contribution in [2.75, 3.05) is 24.8 Å². The summed E-state index contributed by atoms with van der Waals surface area (Å²) in [6, 6.07) is 7.19. The summed E-state index contributed by atoms with van der Waals surface area (Å²) >= 11 is 1.28. The number of aromatic nitrogens is 3. The third-order valence-electron chi connectivity index (χ3n) is 6.26. The van der Waals surface area contributed by atoms with Crippen LogP contribution < -0.4 is 21.2 Å². The van der Waals surface area contributed by atoms with Crippen LogP contribution in [0.15, 0.2) is 33.9 Å². The number of hydrogen-bond acceptors (Lipinski definition) is 6. The van der Waals surface area contributed by atoms with E-state index in [1.807, 2.05) is 26.0 Å². The van der Waals surface area contributed by atoms with Crippen LogP contribution in [0.4, 0.5) is 5.82 Å². The quantitative estimate of drug-likeness (QED) is 0.542. The summed E-state index contributed by atoms with van der Waals surface area (Å²) in [5, 5.41) is 6.07. The number of nitrogens with zero attached hydrogens (tertiary/aromatic N) is 1. The van der Waals surface area contributed by atoms with Crippen LogP contribution in [0.5, 0.6) is 5.75 Å². The van der Waals surface area contributed by atoms with Gasteiger partial charge in [0.15, 0.2) is 0 Å². The number of fused-ring (bicyclic) bond motifs is 2. The molecule has 0 spiro atoms. The summed E-state index contributed by atoms with van der Waals surface area (Å²) in [5.74, 6) is 1.01. The van der Waals surface area contributed by atoms with Crippen LogP contribution in [-0.4, -0.2) is 45.7 Å². The van der Waals surface area contributed by atoms with Gasteiger partial charge in [0.05, 0.1) is 40.8 Å². The van der Waals surface area contributed by atoms with Gasteiger partial charge in [-0.05, 0) is 50.3 Å². The number of pyridine rings is 1. The SMILES string of the molecule is COc1ccc2cc([C@@H]3SCC(=O)Nc4c3c(=O)[nH]n4[C@@H]3CCOC(C)(C)C3)c(=O)[nH]c2c1. The van der Waals surface area contributed by atoms with Crippen LogP contribution in [0.2, 0.25) is 0 Å². The molecule has 1 saturated heterocycles. The normalized spacial score (nSPS) is 22.5. The van der Waals surface area contributed by atoms with Gasteiger partial charge in [0.1, 0.15) is 11.6 Å². The number of nitrogens with one attached hydrogen (secondary N) is 3. The largest absolute Gasteiger partial charge is 0.497 e. The Morgan fingerprint density at radius 1 is 1.18 bits per heavy atom. The zero-order valence-electron chi connectivity index (χ0n) is 18.7. The number of ether oxygens (including phenoxy) is 2. The fourth-order valence-corrected chi connectivity index (χ4v) is 5.83. The Morgan fingerprint density at radius 2 is 2.00 bits per heavy atom. The van der Waals surface area contributed by atoms with Gasteiger partial charge in [0.2, 0.25) is 5.91 Å². The predicted octanol–water partition coefficient (Wildman–Crippen LogP) is 2.93. The van der Waals surface area contributed by atoms with Crippen LogP contribution in [0, 0.1) is 0 Å². The topological polar surface area (TPSA) is 118 Å². The van der Waals surface area contributed by atoms with Crippen molar-refractivity contribution in [3.05, 3.63) is 56.1 Å². The van der Waals surface area contributed by atoms with Crippen molar-refractivity contribution in [1.29, 1.82) is 0 Å². The van der Waals surface area contributed by atoms with Gasteiger partial charge in [0, 0.05) is 18.2 Å². The van der Waals surface area contributed by atoms with Crippen molar-refractivity contribution < 1.29 is 14.3 Å². The molecule has 3 N–H and O–H groups in total. The lowest BCUT2D eigenvalue weighted by Crippen LogP contribution is -2.36. The molecule has 9 nitrogen and oxygen atoms in total. The van der Waals surface area contributed by atoms with Crippen molar-refractivity contribution in [2.45, 2.75) is 43.6 Å². The number of carbonyl (C=O) groups excluding carboxylic acids is 1. The van der Waals surface area contributed by atoms with Gasteiger partial charge in [-0.1, -0.05) is 0 Å². The van der Waals surface area contributed by atoms with E-state index in [2.05, 4.69) is 15.4 Å². The van der Waals surface area contributed by atoms with Crippen molar-refractivity contribution in [2.24, 2.45) is 0 Å². The van der Waals surface area contributed by atoms with Crippen molar-refractivity contribution >= 4 is 34.4 Å². The Labute approximate surface area is 193 Å². The summed E-state index contributed by atoms with van der Waals surface area (Å²) in [6.07, 6.45) is 1.41. The molecule has 5 rings (SSSR count). The standard InChI is InChI=1S/C23H26N4O5S/c1-23(2)10-13(6-7-32-23)27-20-18(22(30)26-27)19(33-11-17(28)25-20)15-8-12-4-5-14(31-3)9-16(12)24-21(15)29/h4-5,8-9,13,19H,6-7,10-11H2,1-3H3,(H,24,29)(H,25,28)(H,26,30)/t13-,19+/m1/s1. The predicted molar refractivity (Wildman–Crippen MR) is 127 cm³/mol. The van der Waals surface area contributed by atoms with Crippen molar-refractivity contribution in [3.63, 3.8) is 0 Å². The molecule has 174 valence electrons. The molecule has 1 aromatic carbocycles. The first-order valence-corrected chi connectivity index (χ1v) is 11.9. The molecular weight excluding hydrogens is 444 g/mol.